The number of fused-ring (bicyclic) bond motifs is 1. The van der Waals surface area contributed by atoms with Crippen molar-refractivity contribution >= 4 is 5.78 Å². The maximum absolute atomic E-state index is 11.2. The summed E-state index contributed by atoms with van der Waals surface area (Å²) in [7, 11) is 1.69. The van der Waals surface area contributed by atoms with E-state index in [1.54, 1.807) is 14.0 Å². The van der Waals surface area contributed by atoms with Gasteiger partial charge in [-0.1, -0.05) is 48.5 Å². The van der Waals surface area contributed by atoms with E-state index in [0.29, 0.717) is 25.1 Å². The number of ether oxygens (including phenoxy) is 2. The minimum atomic E-state index is 0.223. The number of carbonyl (C=O) groups excluding carboxylic acids is 1. The van der Waals surface area contributed by atoms with Crippen molar-refractivity contribution in [1.82, 2.24) is 5.32 Å². The van der Waals surface area contributed by atoms with E-state index in [2.05, 4.69) is 11.4 Å². The molecule has 4 rings (SSSR count). The van der Waals surface area contributed by atoms with Crippen LogP contribution in [0.4, 0.5) is 0 Å². The molecule has 0 saturated carbocycles. The molecule has 0 radical (unpaired) electrons. The Morgan fingerprint density at radius 2 is 1.86 bits per heavy atom. The monoisotopic (exact) mass is 468 g/mol. The highest BCUT2D eigenvalue weighted by atomic mass is 16.5. The molecule has 0 atom stereocenters. The number of nitrogens with one attached hydrogen (secondary N) is 1. The Hall–Kier alpha value is -3.62. The minimum absolute atomic E-state index is 0.223. The van der Waals surface area contributed by atoms with Crippen LogP contribution in [-0.4, -0.2) is 19.4 Å². The van der Waals surface area contributed by atoms with Gasteiger partial charge in [0.15, 0.2) is 0 Å². The van der Waals surface area contributed by atoms with Crippen molar-refractivity contribution in [3.8, 4) is 28.7 Å². The Morgan fingerprint density at radius 1 is 1.06 bits per heavy atom. The molecule has 3 aromatic carbocycles. The first-order valence-corrected chi connectivity index (χ1v) is 12.2. The van der Waals surface area contributed by atoms with Gasteiger partial charge in [0.25, 0.3) is 0 Å². The molecule has 0 heterocycles. The van der Waals surface area contributed by atoms with E-state index in [-0.39, 0.29) is 5.78 Å². The molecule has 0 spiro atoms. The van der Waals surface area contributed by atoms with Crippen molar-refractivity contribution in [1.29, 1.82) is 5.26 Å². The maximum atomic E-state index is 11.2. The van der Waals surface area contributed by atoms with E-state index in [4.69, 9.17) is 9.47 Å². The van der Waals surface area contributed by atoms with Gasteiger partial charge in [-0.15, -0.1) is 0 Å². The molecule has 0 fully saturated rings. The topological polar surface area (TPSA) is 71.3 Å². The molecule has 3 aromatic rings. The van der Waals surface area contributed by atoms with E-state index < -0.39 is 0 Å². The number of carbonyl (C=O) groups is 1. The van der Waals surface area contributed by atoms with Gasteiger partial charge in [0.2, 0.25) is 0 Å². The number of hydrogen-bond donors (Lipinski definition) is 1. The van der Waals surface area contributed by atoms with Crippen LogP contribution < -0.4 is 14.8 Å². The van der Waals surface area contributed by atoms with Crippen LogP contribution in [0.3, 0.4) is 0 Å². The van der Waals surface area contributed by atoms with Gasteiger partial charge < -0.3 is 19.6 Å². The molecule has 0 unspecified atom stereocenters. The molecule has 5 nitrogen and oxygen atoms in total. The molecule has 35 heavy (non-hydrogen) atoms. The van der Waals surface area contributed by atoms with Crippen molar-refractivity contribution < 1.29 is 14.3 Å². The first kappa shape index (κ1) is 24.5. The lowest BCUT2D eigenvalue weighted by Crippen LogP contribution is -2.17. The molecule has 1 N–H and O–H groups in total. The number of benzene rings is 3. The summed E-state index contributed by atoms with van der Waals surface area (Å²) in [5, 5.41) is 13.4. The largest absolute Gasteiger partial charge is 0.496 e. The van der Waals surface area contributed by atoms with Crippen LogP contribution in [0.25, 0.3) is 11.1 Å². The lowest BCUT2D eigenvalue weighted by atomic mass is 9.96. The Kier molecular flexibility index (Phi) is 8.18. The fourth-order valence-electron chi connectivity index (χ4n) is 4.84. The zero-order chi connectivity index (χ0) is 24.6. The molecule has 0 aliphatic heterocycles. The summed E-state index contributed by atoms with van der Waals surface area (Å²) < 4.78 is 12.1. The predicted molar refractivity (Wildman–Crippen MR) is 138 cm³/mol. The van der Waals surface area contributed by atoms with Gasteiger partial charge in [-0.05, 0) is 61.4 Å². The molecule has 1 aliphatic rings. The first-order chi connectivity index (χ1) is 17.1. The normalized spacial score (nSPS) is 12.1. The molecule has 180 valence electrons. The van der Waals surface area contributed by atoms with E-state index in [1.807, 2.05) is 54.6 Å². The second kappa shape index (κ2) is 11.7. The van der Waals surface area contributed by atoms with E-state index in [0.717, 1.165) is 60.4 Å². The molecule has 0 aromatic heterocycles. The molecular formula is C30H32N2O3. The summed E-state index contributed by atoms with van der Waals surface area (Å²) in [6.45, 7) is 3.46. The average molecular weight is 469 g/mol. The van der Waals surface area contributed by atoms with Crippen LogP contribution in [0.5, 0.6) is 11.5 Å². The third kappa shape index (κ3) is 5.72. The average Bonchev–Trinajstić information content (AvgIpc) is 3.38. The Bertz CT molecular complexity index is 1230. The third-order valence-corrected chi connectivity index (χ3v) is 6.57. The summed E-state index contributed by atoms with van der Waals surface area (Å²) in [5.41, 5.74) is 7.18. The summed E-state index contributed by atoms with van der Waals surface area (Å²) in [5.74, 6) is 1.88. The number of hydrogen-bond acceptors (Lipinski definition) is 5. The predicted octanol–water partition coefficient (Wildman–Crippen LogP) is 5.76. The molecule has 0 saturated heterocycles. The fraction of sp³-hybridized carbons (Fsp3) is 0.333. The lowest BCUT2D eigenvalue weighted by molar-refractivity contribution is -0.117. The van der Waals surface area contributed by atoms with E-state index in [1.165, 1.54) is 16.7 Å². The zero-order valence-electron chi connectivity index (χ0n) is 20.5. The van der Waals surface area contributed by atoms with Crippen LogP contribution in [0.15, 0.2) is 54.6 Å². The Labute approximate surface area is 207 Å². The standard InChI is InChI=1S/C30H32N2O3/c1-21(33)9-8-16-32-19-28-25-14-7-15-26(25)30(17-29(28)34-2)35-20-23-12-6-13-24(27(23)18-31)22-10-4-3-5-11-22/h3-6,10-13,17,32H,7-9,14-16,19-20H2,1-2H3. The van der Waals surface area contributed by atoms with Gasteiger partial charge in [-0.3, -0.25) is 0 Å². The zero-order valence-corrected chi connectivity index (χ0v) is 20.5. The first-order valence-electron chi connectivity index (χ1n) is 12.2. The Balaban J connectivity index is 1.54. The number of rotatable bonds is 11. The van der Waals surface area contributed by atoms with Gasteiger partial charge >= 0.3 is 0 Å². The van der Waals surface area contributed by atoms with Gasteiger partial charge in [0.05, 0.1) is 12.7 Å². The van der Waals surface area contributed by atoms with Crippen molar-refractivity contribution in [3.05, 3.63) is 82.4 Å². The number of methoxy groups -OCH3 is 1. The van der Waals surface area contributed by atoms with Crippen molar-refractivity contribution in [2.45, 2.75) is 52.2 Å². The summed E-state index contributed by atoms with van der Waals surface area (Å²) in [6, 6.07) is 20.3. The SMILES string of the molecule is COc1cc(OCc2cccc(-c3ccccc3)c2C#N)c2c(c1CNCCCC(C)=O)CCC2. The smallest absolute Gasteiger partial charge is 0.129 e. The van der Waals surface area contributed by atoms with Crippen LogP contribution in [-0.2, 0) is 30.8 Å². The molecule has 1 aliphatic carbocycles. The Morgan fingerprint density at radius 3 is 2.60 bits per heavy atom. The number of Topliss-reactive ketones (excluding diaryl/α,β-unsaturated/α-hetero) is 1. The lowest BCUT2D eigenvalue weighted by Gasteiger charge is -2.19. The van der Waals surface area contributed by atoms with Crippen LogP contribution in [0.1, 0.15) is 54.0 Å². The van der Waals surface area contributed by atoms with Crippen molar-refractivity contribution in [3.63, 3.8) is 0 Å². The molecule has 0 bridgehead atoms. The van der Waals surface area contributed by atoms with E-state index >= 15 is 0 Å². The van der Waals surface area contributed by atoms with Crippen molar-refractivity contribution in [2.24, 2.45) is 0 Å². The van der Waals surface area contributed by atoms with Gasteiger partial charge in [0, 0.05) is 30.2 Å². The quantitative estimate of drug-likeness (QED) is 0.362. The molecular weight excluding hydrogens is 436 g/mol. The van der Waals surface area contributed by atoms with Crippen LogP contribution in [0.2, 0.25) is 0 Å². The number of nitriles is 1. The van der Waals surface area contributed by atoms with Gasteiger partial charge in [-0.25, -0.2) is 0 Å². The summed E-state index contributed by atoms with van der Waals surface area (Å²) in [4.78, 5) is 11.2. The van der Waals surface area contributed by atoms with E-state index in [9.17, 15) is 10.1 Å². The van der Waals surface area contributed by atoms with Crippen LogP contribution in [0, 0.1) is 11.3 Å². The highest BCUT2D eigenvalue weighted by Crippen LogP contribution is 2.39. The van der Waals surface area contributed by atoms with Crippen molar-refractivity contribution in [2.75, 3.05) is 13.7 Å². The molecule has 0 amide bonds. The second-order valence-corrected chi connectivity index (χ2v) is 8.95. The van der Waals surface area contributed by atoms with Gasteiger partial charge in [0.1, 0.15) is 30.0 Å². The van der Waals surface area contributed by atoms with Crippen LogP contribution >= 0.6 is 0 Å². The number of ketones is 1. The highest BCUT2D eigenvalue weighted by molar-refractivity contribution is 5.75. The fourth-order valence-corrected chi connectivity index (χ4v) is 4.84. The highest BCUT2D eigenvalue weighted by Gasteiger charge is 2.23. The summed E-state index contributed by atoms with van der Waals surface area (Å²) in [6.07, 6.45) is 4.50. The minimum Gasteiger partial charge on any atom is -0.496 e. The third-order valence-electron chi connectivity index (χ3n) is 6.57. The second-order valence-electron chi connectivity index (χ2n) is 8.95. The van der Waals surface area contributed by atoms with Gasteiger partial charge in [-0.2, -0.15) is 5.26 Å². The maximum Gasteiger partial charge on any atom is 0.129 e. The number of nitrogens with zero attached hydrogens (tertiary/aromatic N) is 1. The summed E-state index contributed by atoms with van der Waals surface area (Å²) >= 11 is 0. The molecule has 5 heteroatoms.